The monoisotopic (exact) mass is 378 g/mol. The van der Waals surface area contributed by atoms with Crippen molar-refractivity contribution in [2.24, 2.45) is 0 Å². The Labute approximate surface area is 155 Å². The number of hydrogen-bond donors (Lipinski definition) is 2. The molecule has 0 spiro atoms. The summed E-state index contributed by atoms with van der Waals surface area (Å²) in [7, 11) is 0. The van der Waals surface area contributed by atoms with Crippen LogP contribution in [0.3, 0.4) is 0 Å². The SMILES string of the molecule is CC(=O)OC1COCCC1Nc1ncc2c(F)cc(C3CCC(O)C3)n2n1. The van der Waals surface area contributed by atoms with Gasteiger partial charge in [-0.3, -0.25) is 4.79 Å². The Bertz CT molecular complexity index is 842. The van der Waals surface area contributed by atoms with Crippen LogP contribution in [-0.4, -0.2) is 57.1 Å². The lowest BCUT2D eigenvalue weighted by molar-refractivity contribution is -0.153. The third kappa shape index (κ3) is 3.74. The molecule has 2 N–H and O–H groups in total. The van der Waals surface area contributed by atoms with Gasteiger partial charge in [-0.25, -0.2) is 13.9 Å². The third-order valence-corrected chi connectivity index (χ3v) is 5.26. The third-order valence-electron chi connectivity index (χ3n) is 5.26. The molecule has 2 aromatic rings. The fourth-order valence-electron chi connectivity index (χ4n) is 3.93. The van der Waals surface area contributed by atoms with Crippen LogP contribution >= 0.6 is 0 Å². The smallest absolute Gasteiger partial charge is 0.303 e. The molecule has 1 aliphatic carbocycles. The number of fused-ring (bicyclic) bond motifs is 1. The van der Waals surface area contributed by atoms with Gasteiger partial charge in [0, 0.05) is 25.1 Å². The maximum Gasteiger partial charge on any atom is 0.303 e. The van der Waals surface area contributed by atoms with Crippen molar-refractivity contribution in [1.82, 2.24) is 14.6 Å². The molecule has 1 aliphatic heterocycles. The first-order valence-corrected chi connectivity index (χ1v) is 9.25. The second-order valence-electron chi connectivity index (χ2n) is 7.22. The molecule has 4 unspecified atom stereocenters. The summed E-state index contributed by atoms with van der Waals surface area (Å²) in [6.45, 7) is 2.21. The average molecular weight is 378 g/mol. The Morgan fingerprint density at radius 2 is 2.30 bits per heavy atom. The standard InChI is InChI=1S/C18H23FN4O4/c1-10(24)27-17-9-26-5-4-14(17)21-18-20-8-16-13(19)7-15(23(16)22-18)11-2-3-12(25)6-11/h7-8,11-12,14,17,25H,2-6,9H2,1H3,(H,21,22). The molecular formula is C18H23FN4O4. The molecule has 2 fully saturated rings. The molecule has 0 amide bonds. The van der Waals surface area contributed by atoms with E-state index in [0.717, 1.165) is 12.1 Å². The zero-order valence-electron chi connectivity index (χ0n) is 15.1. The van der Waals surface area contributed by atoms with Crippen LogP contribution in [0.1, 0.15) is 44.2 Å². The van der Waals surface area contributed by atoms with Gasteiger partial charge in [-0.15, -0.1) is 5.10 Å². The fraction of sp³-hybridized carbons (Fsp3) is 0.611. The molecule has 1 saturated heterocycles. The van der Waals surface area contributed by atoms with Crippen LogP contribution < -0.4 is 5.32 Å². The highest BCUT2D eigenvalue weighted by Crippen LogP contribution is 2.35. The molecule has 0 radical (unpaired) electrons. The van der Waals surface area contributed by atoms with Crippen molar-refractivity contribution in [3.05, 3.63) is 23.8 Å². The first kappa shape index (κ1) is 18.1. The molecule has 2 aromatic heterocycles. The van der Waals surface area contributed by atoms with E-state index in [4.69, 9.17) is 9.47 Å². The Hall–Kier alpha value is -2.26. The largest absolute Gasteiger partial charge is 0.458 e. The second kappa shape index (κ2) is 7.40. The van der Waals surface area contributed by atoms with E-state index in [2.05, 4.69) is 15.4 Å². The summed E-state index contributed by atoms with van der Waals surface area (Å²) in [5.41, 5.74) is 1.05. The van der Waals surface area contributed by atoms with Crippen molar-refractivity contribution in [2.75, 3.05) is 18.5 Å². The number of aliphatic hydroxyl groups excluding tert-OH is 1. The summed E-state index contributed by atoms with van der Waals surface area (Å²) in [6, 6.07) is 1.30. The maximum atomic E-state index is 14.3. The minimum atomic E-state index is -0.429. The lowest BCUT2D eigenvalue weighted by Gasteiger charge is -2.31. The number of carbonyl (C=O) groups is 1. The minimum absolute atomic E-state index is 0.0663. The normalized spacial score (nSPS) is 28.4. The van der Waals surface area contributed by atoms with Crippen molar-refractivity contribution >= 4 is 17.4 Å². The highest BCUT2D eigenvalue weighted by Gasteiger charge is 2.30. The van der Waals surface area contributed by atoms with E-state index in [1.165, 1.54) is 19.2 Å². The van der Waals surface area contributed by atoms with E-state index in [9.17, 15) is 14.3 Å². The van der Waals surface area contributed by atoms with Gasteiger partial charge in [0.1, 0.15) is 11.6 Å². The molecule has 8 nitrogen and oxygen atoms in total. The molecule has 2 aliphatic rings. The molecular weight excluding hydrogens is 355 g/mol. The van der Waals surface area contributed by atoms with Gasteiger partial charge in [-0.05, 0) is 31.7 Å². The second-order valence-corrected chi connectivity index (χ2v) is 7.22. The van der Waals surface area contributed by atoms with Crippen LogP contribution in [0.4, 0.5) is 10.3 Å². The van der Waals surface area contributed by atoms with Crippen LogP contribution in [0.5, 0.6) is 0 Å². The summed E-state index contributed by atoms with van der Waals surface area (Å²) in [5, 5.41) is 17.5. The zero-order valence-corrected chi connectivity index (χ0v) is 15.1. The maximum absolute atomic E-state index is 14.3. The van der Waals surface area contributed by atoms with Gasteiger partial charge >= 0.3 is 5.97 Å². The predicted octanol–water partition coefficient (Wildman–Crippen LogP) is 1.63. The number of rotatable bonds is 4. The van der Waals surface area contributed by atoms with Crippen LogP contribution in [0.15, 0.2) is 12.3 Å². The van der Waals surface area contributed by atoms with E-state index >= 15 is 0 Å². The molecule has 4 atom stereocenters. The number of aliphatic hydroxyl groups is 1. The topological polar surface area (TPSA) is 98.0 Å². The lowest BCUT2D eigenvalue weighted by Crippen LogP contribution is -2.44. The highest BCUT2D eigenvalue weighted by molar-refractivity contribution is 5.66. The summed E-state index contributed by atoms with van der Waals surface area (Å²) in [6.07, 6.45) is 3.42. The van der Waals surface area contributed by atoms with E-state index in [1.54, 1.807) is 4.52 Å². The Morgan fingerprint density at radius 3 is 3.04 bits per heavy atom. The summed E-state index contributed by atoms with van der Waals surface area (Å²) >= 11 is 0. The van der Waals surface area contributed by atoms with Crippen LogP contribution in [0, 0.1) is 5.82 Å². The summed E-state index contributed by atoms with van der Waals surface area (Å²) in [5.74, 6) is -0.344. The number of nitrogens with one attached hydrogen (secondary N) is 1. The van der Waals surface area contributed by atoms with Crippen molar-refractivity contribution in [3.63, 3.8) is 0 Å². The van der Waals surface area contributed by atoms with Crippen LogP contribution in [-0.2, 0) is 14.3 Å². The average Bonchev–Trinajstić information content (AvgIpc) is 3.20. The van der Waals surface area contributed by atoms with Gasteiger partial charge in [0.2, 0.25) is 5.95 Å². The van der Waals surface area contributed by atoms with Crippen molar-refractivity contribution in [3.8, 4) is 0 Å². The Morgan fingerprint density at radius 1 is 1.44 bits per heavy atom. The predicted molar refractivity (Wildman–Crippen MR) is 93.9 cm³/mol. The number of carbonyl (C=O) groups excluding carboxylic acids is 1. The van der Waals surface area contributed by atoms with Crippen molar-refractivity contribution < 1.29 is 23.8 Å². The molecule has 146 valence electrons. The summed E-state index contributed by atoms with van der Waals surface area (Å²) < 4.78 is 26.6. The molecule has 3 heterocycles. The van der Waals surface area contributed by atoms with Gasteiger partial charge in [0.05, 0.1) is 24.9 Å². The number of halogens is 1. The number of hydrogen-bond acceptors (Lipinski definition) is 7. The van der Waals surface area contributed by atoms with Crippen LogP contribution in [0.2, 0.25) is 0 Å². The quantitative estimate of drug-likeness (QED) is 0.781. The number of nitrogens with zero attached hydrogens (tertiary/aromatic N) is 3. The number of aromatic nitrogens is 3. The molecule has 1 saturated carbocycles. The van der Waals surface area contributed by atoms with Gasteiger partial charge in [0.25, 0.3) is 0 Å². The molecule has 4 rings (SSSR count). The molecule has 9 heteroatoms. The van der Waals surface area contributed by atoms with E-state index in [1.807, 2.05) is 0 Å². The molecule has 27 heavy (non-hydrogen) atoms. The number of anilines is 1. The Balaban J connectivity index is 1.59. The summed E-state index contributed by atoms with van der Waals surface area (Å²) in [4.78, 5) is 15.5. The first-order valence-electron chi connectivity index (χ1n) is 9.25. The van der Waals surface area contributed by atoms with Crippen molar-refractivity contribution in [1.29, 1.82) is 0 Å². The van der Waals surface area contributed by atoms with Gasteiger partial charge in [0.15, 0.2) is 5.82 Å². The molecule has 0 aromatic carbocycles. The lowest BCUT2D eigenvalue weighted by atomic mass is 10.0. The van der Waals surface area contributed by atoms with E-state index in [0.29, 0.717) is 43.9 Å². The van der Waals surface area contributed by atoms with Gasteiger partial charge in [-0.2, -0.15) is 0 Å². The highest BCUT2D eigenvalue weighted by atomic mass is 19.1. The number of esters is 1. The van der Waals surface area contributed by atoms with Gasteiger partial charge < -0.3 is 19.9 Å². The minimum Gasteiger partial charge on any atom is -0.458 e. The van der Waals surface area contributed by atoms with E-state index < -0.39 is 6.10 Å². The first-order chi connectivity index (χ1) is 13.0. The van der Waals surface area contributed by atoms with E-state index in [-0.39, 0.29) is 29.9 Å². The number of ether oxygens (including phenoxy) is 2. The Kier molecular flexibility index (Phi) is 4.96. The van der Waals surface area contributed by atoms with Crippen molar-refractivity contribution in [2.45, 2.75) is 56.8 Å². The fourth-order valence-corrected chi connectivity index (χ4v) is 3.93. The van der Waals surface area contributed by atoms with Gasteiger partial charge in [-0.1, -0.05) is 0 Å². The van der Waals surface area contributed by atoms with Crippen LogP contribution in [0.25, 0.3) is 5.52 Å². The zero-order chi connectivity index (χ0) is 19.0. The molecule has 0 bridgehead atoms.